The quantitative estimate of drug-likeness (QED) is 0.521. The van der Waals surface area contributed by atoms with Gasteiger partial charge < -0.3 is 14.7 Å². The van der Waals surface area contributed by atoms with E-state index < -0.39 is 0 Å². The Morgan fingerprint density at radius 3 is 2.74 bits per heavy atom. The number of benzene rings is 2. The Bertz CT molecular complexity index is 1180. The number of anilines is 1. The fraction of sp³-hybridized carbons (Fsp3) is 0.385. The third-order valence-corrected chi connectivity index (χ3v) is 6.19. The summed E-state index contributed by atoms with van der Waals surface area (Å²) in [5.41, 5.74) is 1.71. The van der Waals surface area contributed by atoms with Crippen LogP contribution in [0.25, 0.3) is 11.4 Å². The van der Waals surface area contributed by atoms with Gasteiger partial charge in [0.1, 0.15) is 5.82 Å². The number of hydrogen-bond acceptors (Lipinski definition) is 6. The number of aromatic nitrogens is 2. The van der Waals surface area contributed by atoms with Crippen LogP contribution in [0, 0.1) is 5.82 Å². The van der Waals surface area contributed by atoms with Gasteiger partial charge in [-0.3, -0.25) is 14.5 Å². The van der Waals surface area contributed by atoms with Crippen molar-refractivity contribution in [3.05, 3.63) is 65.8 Å². The minimum Gasteiger partial charge on any atom is -0.339 e. The number of nitrogens with zero attached hydrogens (tertiary/aromatic N) is 4. The second kappa shape index (κ2) is 11.2. The molecule has 1 aliphatic rings. The molecule has 35 heavy (non-hydrogen) atoms. The number of amides is 2. The Balaban J connectivity index is 1.35. The first-order chi connectivity index (χ1) is 17.0. The summed E-state index contributed by atoms with van der Waals surface area (Å²) in [6, 6.07) is 13.1. The molecule has 0 spiro atoms. The van der Waals surface area contributed by atoms with E-state index in [1.807, 2.05) is 13.8 Å². The number of hydrogen-bond donors (Lipinski definition) is 1. The lowest BCUT2D eigenvalue weighted by Gasteiger charge is -2.30. The van der Waals surface area contributed by atoms with E-state index in [0.717, 1.165) is 19.4 Å². The van der Waals surface area contributed by atoms with Gasteiger partial charge in [0.15, 0.2) is 0 Å². The fourth-order valence-electron chi connectivity index (χ4n) is 4.37. The van der Waals surface area contributed by atoms with Gasteiger partial charge >= 0.3 is 0 Å². The van der Waals surface area contributed by atoms with Crippen molar-refractivity contribution in [3.8, 4) is 11.4 Å². The van der Waals surface area contributed by atoms with Crippen molar-refractivity contribution in [2.45, 2.75) is 32.6 Å². The highest BCUT2D eigenvalue weighted by atomic mass is 19.1. The van der Waals surface area contributed by atoms with Gasteiger partial charge in [0.05, 0.1) is 12.5 Å². The van der Waals surface area contributed by atoms with E-state index in [2.05, 4.69) is 20.4 Å². The zero-order valence-corrected chi connectivity index (χ0v) is 20.0. The summed E-state index contributed by atoms with van der Waals surface area (Å²) in [5.74, 6) is 0.296. The molecule has 0 saturated carbocycles. The molecule has 0 radical (unpaired) electrons. The molecule has 9 heteroatoms. The van der Waals surface area contributed by atoms with E-state index in [1.54, 1.807) is 41.3 Å². The van der Waals surface area contributed by atoms with Crippen molar-refractivity contribution in [3.63, 3.8) is 0 Å². The summed E-state index contributed by atoms with van der Waals surface area (Å²) in [4.78, 5) is 33.6. The maximum atomic E-state index is 13.5. The number of piperidine rings is 1. The number of halogens is 1. The van der Waals surface area contributed by atoms with Gasteiger partial charge in [0.25, 0.3) is 5.91 Å². The minimum atomic E-state index is -0.355. The summed E-state index contributed by atoms with van der Waals surface area (Å²) in [6.07, 6.45) is 1.77. The summed E-state index contributed by atoms with van der Waals surface area (Å²) in [6.45, 7) is 6.76. The third kappa shape index (κ3) is 6.10. The predicted octanol–water partition coefficient (Wildman–Crippen LogP) is 4.18. The van der Waals surface area contributed by atoms with E-state index in [9.17, 15) is 14.0 Å². The van der Waals surface area contributed by atoms with Crippen molar-refractivity contribution >= 4 is 17.5 Å². The van der Waals surface area contributed by atoms with Crippen LogP contribution in [0.15, 0.2) is 53.1 Å². The monoisotopic (exact) mass is 479 g/mol. The van der Waals surface area contributed by atoms with Crippen molar-refractivity contribution in [2.24, 2.45) is 0 Å². The van der Waals surface area contributed by atoms with Crippen LogP contribution in [-0.4, -0.2) is 64.5 Å². The molecule has 3 aromatic rings. The van der Waals surface area contributed by atoms with E-state index in [1.165, 1.54) is 12.1 Å². The predicted molar refractivity (Wildman–Crippen MR) is 130 cm³/mol. The zero-order valence-electron chi connectivity index (χ0n) is 20.0. The Morgan fingerprint density at radius 1 is 1.17 bits per heavy atom. The first-order valence-corrected chi connectivity index (χ1v) is 12.0. The molecule has 2 aromatic carbocycles. The lowest BCUT2D eigenvalue weighted by atomic mass is 9.98. The molecule has 1 unspecified atom stereocenters. The van der Waals surface area contributed by atoms with Gasteiger partial charge in [-0.05, 0) is 63.6 Å². The first-order valence-electron chi connectivity index (χ1n) is 12.0. The Morgan fingerprint density at radius 2 is 1.97 bits per heavy atom. The number of likely N-dealkylation sites (tertiary alicyclic amines) is 1. The largest absolute Gasteiger partial charge is 0.339 e. The van der Waals surface area contributed by atoms with Crippen molar-refractivity contribution in [1.29, 1.82) is 0 Å². The molecule has 0 aliphatic carbocycles. The molecule has 1 saturated heterocycles. The van der Waals surface area contributed by atoms with Crippen LogP contribution < -0.4 is 5.32 Å². The van der Waals surface area contributed by atoms with Gasteiger partial charge in [-0.15, -0.1) is 0 Å². The minimum absolute atomic E-state index is 0.00128. The molecule has 184 valence electrons. The summed E-state index contributed by atoms with van der Waals surface area (Å²) in [7, 11) is 0. The first kappa shape index (κ1) is 24.5. The standard InChI is InChI=1S/C26H30FN5O3/c1-3-32(4-2)26(34)19-9-6-12-22(15-19)28-23(33)17-31-13-7-10-20(16-31)25-29-24(30-35-25)18-8-5-11-21(27)14-18/h5-6,8-9,11-12,14-15,20H,3-4,7,10,13,16-17H2,1-2H3,(H,28,33). The summed E-state index contributed by atoms with van der Waals surface area (Å²) >= 11 is 0. The number of rotatable bonds is 8. The number of carbonyl (C=O) groups is 2. The van der Waals surface area contributed by atoms with Gasteiger partial charge in [-0.2, -0.15) is 4.98 Å². The molecule has 8 nitrogen and oxygen atoms in total. The normalized spacial score (nSPS) is 16.1. The van der Waals surface area contributed by atoms with E-state index in [4.69, 9.17) is 4.52 Å². The van der Waals surface area contributed by atoms with Crippen LogP contribution >= 0.6 is 0 Å². The summed E-state index contributed by atoms with van der Waals surface area (Å²) < 4.78 is 19.0. The second-order valence-electron chi connectivity index (χ2n) is 8.65. The van der Waals surface area contributed by atoms with Crippen LogP contribution in [0.5, 0.6) is 0 Å². The highest BCUT2D eigenvalue weighted by molar-refractivity contribution is 5.97. The smallest absolute Gasteiger partial charge is 0.253 e. The van der Waals surface area contributed by atoms with E-state index >= 15 is 0 Å². The van der Waals surface area contributed by atoms with Gasteiger partial charge in [-0.1, -0.05) is 23.4 Å². The second-order valence-corrected chi connectivity index (χ2v) is 8.65. The molecule has 1 aromatic heterocycles. The maximum Gasteiger partial charge on any atom is 0.253 e. The van der Waals surface area contributed by atoms with Crippen LogP contribution in [0.2, 0.25) is 0 Å². The average Bonchev–Trinajstić information content (AvgIpc) is 3.35. The van der Waals surface area contributed by atoms with Crippen LogP contribution in [-0.2, 0) is 4.79 Å². The third-order valence-electron chi connectivity index (χ3n) is 6.19. The molecule has 1 N–H and O–H groups in total. The number of carbonyl (C=O) groups excluding carboxylic acids is 2. The Hall–Kier alpha value is -3.59. The fourth-order valence-corrected chi connectivity index (χ4v) is 4.37. The highest BCUT2D eigenvalue weighted by Gasteiger charge is 2.27. The average molecular weight is 480 g/mol. The van der Waals surface area contributed by atoms with Crippen LogP contribution in [0.4, 0.5) is 10.1 Å². The van der Waals surface area contributed by atoms with Crippen LogP contribution in [0.1, 0.15) is 48.9 Å². The molecule has 4 rings (SSSR count). The van der Waals surface area contributed by atoms with Gasteiger partial charge in [-0.25, -0.2) is 4.39 Å². The van der Waals surface area contributed by atoms with E-state index in [-0.39, 0.29) is 30.1 Å². The molecule has 2 heterocycles. The van der Waals surface area contributed by atoms with Crippen molar-refractivity contribution in [2.75, 3.05) is 38.0 Å². The molecule has 1 aliphatic heterocycles. The zero-order chi connectivity index (χ0) is 24.8. The summed E-state index contributed by atoms with van der Waals surface area (Å²) in [5, 5.41) is 6.92. The van der Waals surface area contributed by atoms with E-state index in [0.29, 0.717) is 48.2 Å². The van der Waals surface area contributed by atoms with Gasteiger partial charge in [0.2, 0.25) is 17.6 Å². The Kier molecular flexibility index (Phi) is 7.87. The SMILES string of the molecule is CCN(CC)C(=O)c1cccc(NC(=O)CN2CCCC(c3nc(-c4cccc(F)c4)no3)C2)c1. The van der Waals surface area contributed by atoms with Crippen molar-refractivity contribution < 1.29 is 18.5 Å². The number of nitrogens with one attached hydrogen (secondary N) is 1. The molecule has 1 fully saturated rings. The lowest BCUT2D eigenvalue weighted by molar-refractivity contribution is -0.117. The topological polar surface area (TPSA) is 91.6 Å². The highest BCUT2D eigenvalue weighted by Crippen LogP contribution is 2.27. The molecule has 0 bridgehead atoms. The molecular weight excluding hydrogens is 449 g/mol. The lowest BCUT2D eigenvalue weighted by Crippen LogP contribution is -2.39. The Labute approximate surface area is 204 Å². The van der Waals surface area contributed by atoms with Crippen LogP contribution in [0.3, 0.4) is 0 Å². The molecule has 2 amide bonds. The van der Waals surface area contributed by atoms with Crippen molar-refractivity contribution in [1.82, 2.24) is 19.9 Å². The molecule has 1 atom stereocenters. The van der Waals surface area contributed by atoms with Gasteiger partial charge in [0, 0.05) is 36.4 Å². The molecular formula is C26H30FN5O3. The maximum absolute atomic E-state index is 13.5.